The van der Waals surface area contributed by atoms with Crippen LogP contribution in [-0.2, 0) is 14.8 Å². The van der Waals surface area contributed by atoms with Crippen LogP contribution in [0.15, 0.2) is 38.3 Å². The Morgan fingerprint density at radius 2 is 2.00 bits per heavy atom. The molecule has 0 fully saturated rings. The number of carbonyl (C=O) groups excluding carboxylic acids is 1. The van der Waals surface area contributed by atoms with Crippen molar-refractivity contribution in [2.45, 2.75) is 31.9 Å². The molecule has 152 valence electrons. The minimum absolute atomic E-state index is 0.0397. The van der Waals surface area contributed by atoms with Crippen LogP contribution in [0.2, 0.25) is 0 Å². The Kier molecular flexibility index (Phi) is 5.80. The zero-order valence-corrected chi connectivity index (χ0v) is 19.4. The second-order valence-electron chi connectivity index (χ2n) is 7.83. The summed E-state index contributed by atoms with van der Waals surface area (Å²) >= 11 is 4.41. The van der Waals surface area contributed by atoms with E-state index in [-0.39, 0.29) is 22.6 Å². The van der Waals surface area contributed by atoms with E-state index in [1.807, 2.05) is 27.7 Å². The first-order valence-corrected chi connectivity index (χ1v) is 12.0. The minimum atomic E-state index is -3.71. The van der Waals surface area contributed by atoms with Crippen LogP contribution in [0.4, 0.5) is 11.4 Å². The van der Waals surface area contributed by atoms with Crippen molar-refractivity contribution in [1.82, 2.24) is 0 Å². The first kappa shape index (κ1) is 21.1. The molecule has 0 atom stereocenters. The number of amides is 1. The topological polar surface area (TPSA) is 75.7 Å². The van der Waals surface area contributed by atoms with Gasteiger partial charge in [0, 0.05) is 6.54 Å². The zero-order chi connectivity index (χ0) is 20.7. The molecule has 0 saturated carbocycles. The largest absolute Gasteiger partial charge is 0.490 e. The van der Waals surface area contributed by atoms with Crippen LogP contribution in [0, 0.1) is 11.3 Å². The van der Waals surface area contributed by atoms with Gasteiger partial charge in [-0.15, -0.1) is 11.3 Å². The van der Waals surface area contributed by atoms with Gasteiger partial charge in [0.05, 0.1) is 20.6 Å². The lowest BCUT2D eigenvalue weighted by atomic mass is 9.92. The highest BCUT2D eigenvalue weighted by Gasteiger charge is 2.38. The van der Waals surface area contributed by atoms with Gasteiger partial charge in [-0.3, -0.25) is 9.52 Å². The van der Waals surface area contributed by atoms with Crippen molar-refractivity contribution in [3.05, 3.63) is 34.1 Å². The van der Waals surface area contributed by atoms with E-state index in [2.05, 4.69) is 20.7 Å². The quantitative estimate of drug-likeness (QED) is 0.663. The van der Waals surface area contributed by atoms with Crippen LogP contribution in [-0.4, -0.2) is 27.5 Å². The van der Waals surface area contributed by atoms with E-state index < -0.39 is 15.4 Å². The third-order valence-corrected chi connectivity index (χ3v) is 7.77. The van der Waals surface area contributed by atoms with Gasteiger partial charge in [-0.25, -0.2) is 8.42 Å². The molecule has 1 amide bonds. The number of benzene rings is 1. The number of hydrogen-bond acceptors (Lipinski definition) is 5. The van der Waals surface area contributed by atoms with Crippen LogP contribution in [0.1, 0.15) is 27.7 Å². The lowest BCUT2D eigenvalue weighted by Gasteiger charge is -2.29. The van der Waals surface area contributed by atoms with Crippen molar-refractivity contribution in [3.8, 4) is 5.75 Å². The Hall–Kier alpha value is -1.58. The minimum Gasteiger partial charge on any atom is -0.490 e. The second-order valence-corrected chi connectivity index (χ2v) is 12.2. The van der Waals surface area contributed by atoms with Crippen molar-refractivity contribution in [2.75, 3.05) is 22.8 Å². The molecule has 9 heteroatoms. The third-order valence-electron chi connectivity index (χ3n) is 4.28. The zero-order valence-electron chi connectivity index (χ0n) is 16.2. The maximum absolute atomic E-state index is 13.1. The molecule has 0 unspecified atom stereocenters. The number of fused-ring (bicyclic) bond motifs is 1. The van der Waals surface area contributed by atoms with Gasteiger partial charge in [0.25, 0.3) is 10.0 Å². The lowest BCUT2D eigenvalue weighted by Crippen LogP contribution is -2.43. The Labute approximate surface area is 178 Å². The maximum Gasteiger partial charge on any atom is 0.271 e. The Balaban J connectivity index is 1.99. The number of carbonyl (C=O) groups is 1. The Bertz CT molecular complexity index is 999. The van der Waals surface area contributed by atoms with Gasteiger partial charge in [0.15, 0.2) is 0 Å². The number of sulfonamides is 1. The second kappa shape index (κ2) is 7.68. The highest BCUT2D eigenvalue weighted by atomic mass is 79.9. The normalized spacial score (nSPS) is 16.5. The molecule has 1 aliphatic rings. The molecular weight excluding hydrogens is 464 g/mol. The molecule has 0 bridgehead atoms. The van der Waals surface area contributed by atoms with Crippen molar-refractivity contribution in [1.29, 1.82) is 0 Å². The summed E-state index contributed by atoms with van der Waals surface area (Å²) in [4.78, 5) is 14.8. The van der Waals surface area contributed by atoms with Crippen LogP contribution in [0.5, 0.6) is 5.75 Å². The van der Waals surface area contributed by atoms with Crippen molar-refractivity contribution in [2.24, 2.45) is 11.3 Å². The predicted molar refractivity (Wildman–Crippen MR) is 116 cm³/mol. The lowest BCUT2D eigenvalue weighted by molar-refractivity contribution is -0.127. The van der Waals surface area contributed by atoms with Gasteiger partial charge >= 0.3 is 0 Å². The summed E-state index contributed by atoms with van der Waals surface area (Å²) in [6, 6.07) is 8.25. The number of ether oxygens (including phenoxy) is 1. The molecule has 3 rings (SSSR count). The smallest absolute Gasteiger partial charge is 0.271 e. The summed E-state index contributed by atoms with van der Waals surface area (Å²) in [7, 11) is -3.71. The molecule has 0 radical (unpaired) electrons. The first-order chi connectivity index (χ1) is 13.0. The molecule has 0 saturated heterocycles. The maximum atomic E-state index is 13.1. The molecule has 6 nitrogen and oxygen atoms in total. The van der Waals surface area contributed by atoms with E-state index in [9.17, 15) is 13.2 Å². The number of hydrogen-bond donors (Lipinski definition) is 1. The molecule has 2 heterocycles. The number of rotatable bonds is 5. The van der Waals surface area contributed by atoms with Gasteiger partial charge in [-0.2, -0.15) is 0 Å². The van der Waals surface area contributed by atoms with Gasteiger partial charge in [-0.05, 0) is 66.0 Å². The molecular formula is C19H23BrN2O4S2. The summed E-state index contributed by atoms with van der Waals surface area (Å²) in [6.07, 6.45) is 0. The number of anilines is 2. The molecule has 0 aliphatic carbocycles. The highest BCUT2D eigenvalue weighted by molar-refractivity contribution is 9.11. The summed E-state index contributed by atoms with van der Waals surface area (Å²) in [5, 5.41) is 0. The number of thiophene rings is 1. The number of nitrogens with one attached hydrogen (secondary N) is 1. The predicted octanol–water partition coefficient (Wildman–Crippen LogP) is 4.72. The fourth-order valence-electron chi connectivity index (χ4n) is 2.90. The molecule has 1 aliphatic heterocycles. The van der Waals surface area contributed by atoms with Crippen LogP contribution < -0.4 is 14.4 Å². The molecule has 1 aromatic carbocycles. The van der Waals surface area contributed by atoms with Crippen LogP contribution in [0.3, 0.4) is 0 Å². The SMILES string of the molecule is CC(C)CN1C(=O)C(C)(C)COc2ccc(NS(=O)(=O)c3ccc(Br)s3)cc21. The van der Waals surface area contributed by atoms with E-state index in [4.69, 9.17) is 4.74 Å². The fraction of sp³-hybridized carbons (Fsp3) is 0.421. The van der Waals surface area contributed by atoms with Crippen molar-refractivity contribution < 1.29 is 17.9 Å². The summed E-state index contributed by atoms with van der Waals surface area (Å²) in [5.74, 6) is 0.776. The van der Waals surface area contributed by atoms with E-state index in [0.29, 0.717) is 23.7 Å². The first-order valence-electron chi connectivity index (χ1n) is 8.86. The summed E-state index contributed by atoms with van der Waals surface area (Å²) in [5.41, 5.74) is 0.293. The average Bonchev–Trinajstić information content (AvgIpc) is 3.01. The Morgan fingerprint density at radius 1 is 1.29 bits per heavy atom. The summed E-state index contributed by atoms with van der Waals surface area (Å²) in [6.45, 7) is 8.56. The van der Waals surface area contributed by atoms with Gasteiger partial charge in [-0.1, -0.05) is 13.8 Å². The standard InChI is InChI=1S/C19H23BrN2O4S2/c1-12(2)10-22-14-9-13(21-28(24,25)17-8-7-16(20)27-17)5-6-15(14)26-11-19(3,4)18(22)23/h5-9,12,21H,10-11H2,1-4H3. The van der Waals surface area contributed by atoms with Crippen molar-refractivity contribution >= 4 is 54.6 Å². The number of halogens is 1. The Morgan fingerprint density at radius 3 is 2.61 bits per heavy atom. The van der Waals surface area contributed by atoms with Gasteiger partial charge in [0.1, 0.15) is 16.6 Å². The van der Waals surface area contributed by atoms with E-state index in [0.717, 1.165) is 15.1 Å². The van der Waals surface area contributed by atoms with Crippen LogP contribution >= 0.6 is 27.3 Å². The highest BCUT2D eigenvalue weighted by Crippen LogP contribution is 2.39. The van der Waals surface area contributed by atoms with Crippen molar-refractivity contribution in [3.63, 3.8) is 0 Å². The molecule has 28 heavy (non-hydrogen) atoms. The van der Waals surface area contributed by atoms with E-state index >= 15 is 0 Å². The summed E-state index contributed by atoms with van der Waals surface area (Å²) < 4.78 is 34.7. The molecule has 1 aromatic heterocycles. The van der Waals surface area contributed by atoms with Gasteiger partial charge < -0.3 is 9.64 Å². The molecule has 0 spiro atoms. The average molecular weight is 487 g/mol. The molecule has 2 aromatic rings. The number of nitrogens with zero attached hydrogens (tertiary/aromatic N) is 1. The van der Waals surface area contributed by atoms with Crippen LogP contribution in [0.25, 0.3) is 0 Å². The molecule has 1 N–H and O–H groups in total. The van der Waals surface area contributed by atoms with Gasteiger partial charge in [0.2, 0.25) is 5.91 Å². The fourth-order valence-corrected chi connectivity index (χ4v) is 5.96. The van der Waals surface area contributed by atoms with E-state index in [1.165, 1.54) is 0 Å². The third kappa shape index (κ3) is 4.36. The van der Waals surface area contributed by atoms with E-state index in [1.54, 1.807) is 35.2 Å². The monoisotopic (exact) mass is 486 g/mol.